The molecule has 0 spiro atoms. The number of piperidine rings is 1. The second-order valence-electron chi connectivity index (χ2n) is 8.62. The van der Waals surface area contributed by atoms with E-state index in [1.165, 1.54) is 30.9 Å². The average molecular weight is 452 g/mol. The molecule has 1 atom stereocenters. The Morgan fingerprint density at radius 1 is 1.03 bits per heavy atom. The van der Waals surface area contributed by atoms with Gasteiger partial charge in [-0.15, -0.1) is 0 Å². The number of aromatic hydroxyl groups is 2. The van der Waals surface area contributed by atoms with Gasteiger partial charge in [0, 0.05) is 12.6 Å². The molecule has 1 aromatic heterocycles. The Morgan fingerprint density at radius 3 is 2.42 bits per heavy atom. The summed E-state index contributed by atoms with van der Waals surface area (Å²) in [6.07, 6.45) is 3.40. The molecule has 1 unspecified atom stereocenters. The van der Waals surface area contributed by atoms with Crippen LogP contribution in [0.25, 0.3) is 22.5 Å². The summed E-state index contributed by atoms with van der Waals surface area (Å²) in [5.74, 6) is 0.293. The van der Waals surface area contributed by atoms with Crippen molar-refractivity contribution in [3.05, 3.63) is 53.2 Å². The molecule has 33 heavy (non-hydrogen) atoms. The van der Waals surface area contributed by atoms with Crippen molar-refractivity contribution < 1.29 is 19.8 Å². The molecule has 1 aliphatic heterocycles. The van der Waals surface area contributed by atoms with Gasteiger partial charge in [-0.25, -0.2) is 0 Å². The van der Waals surface area contributed by atoms with Crippen molar-refractivity contribution in [3.8, 4) is 33.9 Å². The van der Waals surface area contributed by atoms with E-state index in [2.05, 4.69) is 27.5 Å². The zero-order valence-electron chi connectivity index (χ0n) is 19.3. The number of phenols is 2. The maximum atomic E-state index is 10.7. The van der Waals surface area contributed by atoms with Crippen LogP contribution in [0.2, 0.25) is 0 Å². The molecule has 0 bridgehead atoms. The molecule has 7 nitrogen and oxygen atoms in total. The van der Waals surface area contributed by atoms with Crippen LogP contribution in [0.3, 0.4) is 0 Å². The number of rotatable bonds is 8. The highest BCUT2D eigenvalue weighted by Gasteiger charge is 2.26. The summed E-state index contributed by atoms with van der Waals surface area (Å²) in [6.45, 7) is 7.58. The van der Waals surface area contributed by atoms with Crippen molar-refractivity contribution >= 4 is 0 Å². The molecule has 0 amide bonds. The number of benzene rings is 2. The van der Waals surface area contributed by atoms with Gasteiger partial charge in [-0.3, -0.25) is 10.2 Å². The molecule has 2 heterocycles. The van der Waals surface area contributed by atoms with Gasteiger partial charge in [-0.1, -0.05) is 49.7 Å². The van der Waals surface area contributed by atoms with Crippen LogP contribution < -0.4 is 5.32 Å². The molecule has 3 aromatic rings. The minimum Gasteiger partial charge on any atom is -0.508 e. The predicted octanol–water partition coefficient (Wildman–Crippen LogP) is 4.57. The molecule has 1 fully saturated rings. The topological polar surface area (TPSA) is 102 Å². The minimum absolute atomic E-state index is 0.0368. The van der Waals surface area contributed by atoms with Gasteiger partial charge in [-0.05, 0) is 61.7 Å². The summed E-state index contributed by atoms with van der Waals surface area (Å²) in [7, 11) is 0. The Morgan fingerprint density at radius 2 is 1.76 bits per heavy atom. The normalized spacial score (nSPS) is 15.6. The minimum atomic E-state index is -1.01. The van der Waals surface area contributed by atoms with Crippen LogP contribution in [0.1, 0.15) is 56.2 Å². The van der Waals surface area contributed by atoms with Crippen LogP contribution in [0.15, 0.2) is 40.9 Å². The van der Waals surface area contributed by atoms with Crippen molar-refractivity contribution in [1.29, 1.82) is 0 Å². The lowest BCUT2D eigenvalue weighted by Gasteiger charge is -2.26. The van der Waals surface area contributed by atoms with Crippen LogP contribution in [0.4, 0.5) is 0 Å². The molecule has 7 heteroatoms. The van der Waals surface area contributed by atoms with Crippen LogP contribution in [0, 0.1) is 0 Å². The zero-order valence-corrected chi connectivity index (χ0v) is 19.3. The summed E-state index contributed by atoms with van der Waals surface area (Å²) in [4.78, 5) is 2.48. The van der Waals surface area contributed by atoms with Gasteiger partial charge >= 0.3 is 0 Å². The number of aromatic nitrogens is 1. The van der Waals surface area contributed by atoms with Gasteiger partial charge in [0.1, 0.15) is 17.2 Å². The Labute approximate surface area is 194 Å². The van der Waals surface area contributed by atoms with Gasteiger partial charge in [0.05, 0.1) is 11.1 Å². The monoisotopic (exact) mass is 451 g/mol. The number of aryl methyl sites for hydroxylation is 1. The molecule has 176 valence electrons. The molecular formula is C26H33N3O4. The predicted molar refractivity (Wildman–Crippen MR) is 128 cm³/mol. The van der Waals surface area contributed by atoms with E-state index in [9.17, 15) is 15.3 Å². The number of nitrogens with zero attached hydrogens (tertiary/aromatic N) is 2. The van der Waals surface area contributed by atoms with Crippen molar-refractivity contribution in [2.24, 2.45) is 0 Å². The first kappa shape index (κ1) is 23.3. The van der Waals surface area contributed by atoms with E-state index in [4.69, 9.17) is 4.52 Å². The number of aliphatic hydroxyl groups is 1. The molecular weight excluding hydrogens is 418 g/mol. The van der Waals surface area contributed by atoms with E-state index in [1.54, 1.807) is 6.07 Å². The second-order valence-corrected chi connectivity index (χ2v) is 8.62. The first-order valence-corrected chi connectivity index (χ1v) is 11.8. The van der Waals surface area contributed by atoms with Gasteiger partial charge in [0.2, 0.25) is 0 Å². The zero-order chi connectivity index (χ0) is 23.4. The van der Waals surface area contributed by atoms with E-state index in [1.807, 2.05) is 26.0 Å². The summed E-state index contributed by atoms with van der Waals surface area (Å²) in [5, 5.41) is 38.5. The van der Waals surface area contributed by atoms with E-state index >= 15 is 0 Å². The summed E-state index contributed by atoms with van der Waals surface area (Å²) in [6, 6.07) is 11.2. The molecule has 0 radical (unpaired) electrons. The fraction of sp³-hybridized carbons (Fsp3) is 0.423. The highest BCUT2D eigenvalue weighted by molar-refractivity contribution is 5.84. The van der Waals surface area contributed by atoms with Crippen LogP contribution in [0.5, 0.6) is 11.5 Å². The Balaban J connectivity index is 1.74. The van der Waals surface area contributed by atoms with Gasteiger partial charge < -0.3 is 19.8 Å². The number of likely N-dealkylation sites (tertiary alicyclic amines) is 1. The lowest BCUT2D eigenvalue weighted by atomic mass is 9.95. The number of nitrogens with one attached hydrogen (secondary N) is 1. The molecule has 4 N–H and O–H groups in total. The Kier molecular flexibility index (Phi) is 7.33. The molecule has 0 saturated carbocycles. The Bertz CT molecular complexity index is 1070. The average Bonchev–Trinajstić information content (AvgIpc) is 3.25. The number of hydrogen-bond donors (Lipinski definition) is 4. The maximum absolute atomic E-state index is 10.7. The number of aliphatic hydroxyl groups excluding tert-OH is 1. The summed E-state index contributed by atoms with van der Waals surface area (Å²) < 4.78 is 5.68. The van der Waals surface area contributed by atoms with Gasteiger partial charge in [0.25, 0.3) is 0 Å². The lowest BCUT2D eigenvalue weighted by Crippen LogP contribution is -2.29. The largest absolute Gasteiger partial charge is 0.508 e. The third-order valence-electron chi connectivity index (χ3n) is 6.29. The van der Waals surface area contributed by atoms with Crippen LogP contribution >= 0.6 is 0 Å². The van der Waals surface area contributed by atoms with Crippen molar-refractivity contribution in [2.75, 3.05) is 19.6 Å². The van der Waals surface area contributed by atoms with E-state index in [0.717, 1.165) is 25.2 Å². The van der Waals surface area contributed by atoms with E-state index < -0.39 is 6.23 Å². The van der Waals surface area contributed by atoms with Crippen molar-refractivity contribution in [3.63, 3.8) is 0 Å². The molecule has 1 saturated heterocycles. The standard InChI is InChI=1S/C26H33N3O4/c1-3-18-14-20(22(31)15-21(18)30)25-23(24(28-33-25)26(32)27-4-2)19-10-8-17(9-11-19)16-29-12-6-5-7-13-29/h8-11,14-15,26-27,30-32H,3-7,12-13,16H2,1-2H3. The highest BCUT2D eigenvalue weighted by Crippen LogP contribution is 2.42. The smallest absolute Gasteiger partial charge is 0.178 e. The van der Waals surface area contributed by atoms with E-state index in [-0.39, 0.29) is 11.5 Å². The quantitative estimate of drug-likeness (QED) is 0.372. The third kappa shape index (κ3) is 5.05. The fourth-order valence-electron chi connectivity index (χ4n) is 4.48. The van der Waals surface area contributed by atoms with Gasteiger partial charge in [-0.2, -0.15) is 0 Å². The fourth-order valence-corrected chi connectivity index (χ4v) is 4.48. The molecule has 0 aliphatic carbocycles. The summed E-state index contributed by atoms with van der Waals surface area (Å²) >= 11 is 0. The third-order valence-corrected chi connectivity index (χ3v) is 6.29. The second kappa shape index (κ2) is 10.4. The van der Waals surface area contributed by atoms with Crippen LogP contribution in [-0.4, -0.2) is 45.0 Å². The first-order valence-electron chi connectivity index (χ1n) is 11.8. The van der Waals surface area contributed by atoms with Gasteiger partial charge in [0.15, 0.2) is 12.0 Å². The molecule has 2 aromatic carbocycles. The van der Waals surface area contributed by atoms with E-state index in [0.29, 0.717) is 41.1 Å². The van der Waals surface area contributed by atoms with Crippen LogP contribution in [-0.2, 0) is 13.0 Å². The molecule has 1 aliphatic rings. The maximum Gasteiger partial charge on any atom is 0.178 e. The SMILES string of the molecule is CCNC(O)c1noc(-c2cc(CC)c(O)cc2O)c1-c1ccc(CN2CCCCC2)cc1. The van der Waals surface area contributed by atoms with Crippen molar-refractivity contribution in [2.45, 2.75) is 52.3 Å². The summed E-state index contributed by atoms with van der Waals surface area (Å²) in [5.41, 5.74) is 4.17. The lowest BCUT2D eigenvalue weighted by molar-refractivity contribution is 0.133. The Hall–Kier alpha value is -2.87. The first-order chi connectivity index (χ1) is 16.0. The van der Waals surface area contributed by atoms with Crippen molar-refractivity contribution in [1.82, 2.24) is 15.4 Å². The molecule has 4 rings (SSSR count). The number of phenolic OH excluding ortho intramolecular Hbond substituents is 2. The number of hydrogen-bond acceptors (Lipinski definition) is 7. The highest BCUT2D eigenvalue weighted by atomic mass is 16.5.